The van der Waals surface area contributed by atoms with Crippen LogP contribution in [0.2, 0.25) is 0 Å². The largest absolute Gasteiger partial charge is 0.489 e. The Hall–Kier alpha value is -2.37. The summed E-state index contributed by atoms with van der Waals surface area (Å²) >= 11 is 0. The Balaban J connectivity index is 2.14. The van der Waals surface area contributed by atoms with E-state index < -0.39 is 0 Å². The lowest BCUT2D eigenvalue weighted by Crippen LogP contribution is -2.14. The predicted molar refractivity (Wildman–Crippen MR) is 63.0 cm³/mol. The van der Waals surface area contributed by atoms with E-state index in [9.17, 15) is 4.79 Å². The second kappa shape index (κ2) is 5.11. The molecule has 0 bridgehead atoms. The topological polar surface area (TPSA) is 79.9 Å². The van der Waals surface area contributed by atoms with Gasteiger partial charge in [-0.15, -0.1) is 0 Å². The van der Waals surface area contributed by atoms with Crippen molar-refractivity contribution in [2.45, 2.75) is 6.54 Å². The SMILES string of the molecule is COc1c(NCc2ccccn2)nc[nH]c1=O. The molecule has 2 heterocycles. The molecule has 2 aromatic rings. The molecule has 2 rings (SSSR count). The molecule has 0 aliphatic rings. The minimum Gasteiger partial charge on any atom is -0.489 e. The summed E-state index contributed by atoms with van der Waals surface area (Å²) in [4.78, 5) is 22.0. The molecule has 6 heteroatoms. The smallest absolute Gasteiger partial charge is 0.295 e. The van der Waals surface area contributed by atoms with Gasteiger partial charge in [0.05, 0.1) is 25.7 Å². The van der Waals surface area contributed by atoms with Gasteiger partial charge in [0, 0.05) is 6.20 Å². The fourth-order valence-electron chi connectivity index (χ4n) is 1.38. The average molecular weight is 232 g/mol. The Morgan fingerprint density at radius 3 is 3.00 bits per heavy atom. The maximum Gasteiger partial charge on any atom is 0.295 e. The summed E-state index contributed by atoms with van der Waals surface area (Å²) in [5, 5.41) is 3.00. The van der Waals surface area contributed by atoms with Crippen LogP contribution in [-0.2, 0) is 6.54 Å². The van der Waals surface area contributed by atoms with Gasteiger partial charge in [0.1, 0.15) is 0 Å². The Morgan fingerprint density at radius 1 is 1.41 bits per heavy atom. The van der Waals surface area contributed by atoms with Crippen LogP contribution in [0.25, 0.3) is 0 Å². The van der Waals surface area contributed by atoms with E-state index >= 15 is 0 Å². The summed E-state index contributed by atoms with van der Waals surface area (Å²) in [5.41, 5.74) is 0.544. The fraction of sp³-hybridized carbons (Fsp3) is 0.182. The maximum absolute atomic E-state index is 11.4. The van der Waals surface area contributed by atoms with Gasteiger partial charge in [-0.2, -0.15) is 0 Å². The van der Waals surface area contributed by atoms with Gasteiger partial charge in [-0.05, 0) is 12.1 Å². The molecular weight excluding hydrogens is 220 g/mol. The van der Waals surface area contributed by atoms with E-state index in [1.54, 1.807) is 6.20 Å². The lowest BCUT2D eigenvalue weighted by Gasteiger charge is -2.07. The molecule has 0 aliphatic heterocycles. The number of anilines is 1. The second-order valence-corrected chi connectivity index (χ2v) is 3.29. The van der Waals surface area contributed by atoms with Crippen molar-refractivity contribution in [3.63, 3.8) is 0 Å². The lowest BCUT2D eigenvalue weighted by atomic mass is 10.3. The summed E-state index contributed by atoms with van der Waals surface area (Å²) in [6.45, 7) is 0.480. The van der Waals surface area contributed by atoms with E-state index in [1.807, 2.05) is 18.2 Å². The second-order valence-electron chi connectivity index (χ2n) is 3.29. The van der Waals surface area contributed by atoms with Crippen molar-refractivity contribution in [3.05, 3.63) is 46.8 Å². The van der Waals surface area contributed by atoms with Gasteiger partial charge in [0.2, 0.25) is 5.75 Å². The number of hydrogen-bond donors (Lipinski definition) is 2. The summed E-state index contributed by atoms with van der Waals surface area (Å²) in [6.07, 6.45) is 3.03. The van der Waals surface area contributed by atoms with Gasteiger partial charge in [0.25, 0.3) is 5.56 Å². The Bertz CT molecular complexity index is 539. The zero-order valence-corrected chi connectivity index (χ0v) is 9.30. The maximum atomic E-state index is 11.4. The molecule has 0 spiro atoms. The van der Waals surface area contributed by atoms with Crippen molar-refractivity contribution < 1.29 is 4.74 Å². The number of nitrogens with one attached hydrogen (secondary N) is 2. The number of rotatable bonds is 4. The van der Waals surface area contributed by atoms with Crippen LogP contribution >= 0.6 is 0 Å². The number of methoxy groups -OCH3 is 1. The highest BCUT2D eigenvalue weighted by Crippen LogP contribution is 2.14. The van der Waals surface area contributed by atoms with Crippen LogP contribution in [0.1, 0.15) is 5.69 Å². The van der Waals surface area contributed by atoms with Gasteiger partial charge in [-0.3, -0.25) is 9.78 Å². The van der Waals surface area contributed by atoms with Gasteiger partial charge < -0.3 is 15.0 Å². The zero-order chi connectivity index (χ0) is 12.1. The first-order chi connectivity index (χ1) is 8.31. The molecule has 0 amide bonds. The minimum atomic E-state index is -0.314. The molecule has 0 atom stereocenters. The number of nitrogens with zero attached hydrogens (tertiary/aromatic N) is 2. The summed E-state index contributed by atoms with van der Waals surface area (Å²) < 4.78 is 4.98. The number of ether oxygens (including phenoxy) is 1. The Kier molecular flexibility index (Phi) is 3.34. The fourth-order valence-corrected chi connectivity index (χ4v) is 1.38. The molecule has 0 fully saturated rings. The normalized spacial score (nSPS) is 9.94. The Labute approximate surface area is 97.7 Å². The summed E-state index contributed by atoms with van der Waals surface area (Å²) in [5.74, 6) is 0.574. The van der Waals surface area contributed by atoms with Gasteiger partial charge in [0.15, 0.2) is 5.82 Å². The van der Waals surface area contributed by atoms with E-state index in [0.717, 1.165) is 5.69 Å². The third-order valence-corrected chi connectivity index (χ3v) is 2.18. The highest BCUT2D eigenvalue weighted by Gasteiger charge is 2.08. The van der Waals surface area contributed by atoms with Crippen molar-refractivity contribution in [2.75, 3.05) is 12.4 Å². The molecular formula is C11H12N4O2. The molecule has 0 saturated heterocycles. The summed E-state index contributed by atoms with van der Waals surface area (Å²) in [7, 11) is 1.43. The Morgan fingerprint density at radius 2 is 2.29 bits per heavy atom. The van der Waals surface area contributed by atoms with Crippen molar-refractivity contribution in [1.82, 2.24) is 15.0 Å². The highest BCUT2D eigenvalue weighted by molar-refractivity contribution is 5.47. The third kappa shape index (κ3) is 2.60. The van der Waals surface area contributed by atoms with Crippen LogP contribution in [-0.4, -0.2) is 22.1 Å². The zero-order valence-electron chi connectivity index (χ0n) is 9.30. The quantitative estimate of drug-likeness (QED) is 0.814. The van der Waals surface area contributed by atoms with E-state index in [4.69, 9.17) is 4.74 Å². The molecule has 2 aromatic heterocycles. The van der Waals surface area contributed by atoms with Crippen molar-refractivity contribution in [3.8, 4) is 5.75 Å². The minimum absolute atomic E-state index is 0.170. The number of hydrogen-bond acceptors (Lipinski definition) is 5. The molecule has 17 heavy (non-hydrogen) atoms. The van der Waals surface area contributed by atoms with E-state index in [-0.39, 0.29) is 11.3 Å². The first-order valence-corrected chi connectivity index (χ1v) is 5.06. The molecule has 6 nitrogen and oxygen atoms in total. The van der Waals surface area contributed by atoms with Crippen LogP contribution in [0, 0.1) is 0 Å². The van der Waals surface area contributed by atoms with Gasteiger partial charge in [-0.1, -0.05) is 6.07 Å². The molecule has 2 N–H and O–H groups in total. The van der Waals surface area contributed by atoms with Crippen LogP contribution < -0.4 is 15.6 Å². The lowest BCUT2D eigenvalue weighted by molar-refractivity contribution is 0.408. The van der Waals surface area contributed by atoms with Gasteiger partial charge in [-0.25, -0.2) is 4.98 Å². The third-order valence-electron chi connectivity index (χ3n) is 2.18. The first kappa shape index (κ1) is 11.1. The van der Waals surface area contributed by atoms with Crippen molar-refractivity contribution in [1.29, 1.82) is 0 Å². The molecule has 0 unspecified atom stereocenters. The molecule has 0 radical (unpaired) electrons. The van der Waals surface area contributed by atoms with Crippen molar-refractivity contribution >= 4 is 5.82 Å². The molecule has 88 valence electrons. The van der Waals surface area contributed by atoms with Crippen molar-refractivity contribution in [2.24, 2.45) is 0 Å². The molecule has 0 aliphatic carbocycles. The van der Waals surface area contributed by atoms with Crippen LogP contribution in [0.3, 0.4) is 0 Å². The molecule has 0 saturated carbocycles. The average Bonchev–Trinajstić information content (AvgIpc) is 2.37. The van der Waals surface area contributed by atoms with E-state index in [0.29, 0.717) is 12.4 Å². The summed E-state index contributed by atoms with van der Waals surface area (Å²) in [6, 6.07) is 5.62. The number of pyridine rings is 1. The van der Waals surface area contributed by atoms with E-state index in [1.165, 1.54) is 13.4 Å². The number of H-pyrrole nitrogens is 1. The number of aromatic nitrogens is 3. The van der Waals surface area contributed by atoms with Gasteiger partial charge >= 0.3 is 0 Å². The standard InChI is InChI=1S/C11H12N4O2/c1-17-9-10(14-7-15-11(9)16)13-6-8-4-2-3-5-12-8/h2-5,7H,6H2,1H3,(H2,13,14,15,16). The monoisotopic (exact) mass is 232 g/mol. The van der Waals surface area contributed by atoms with E-state index in [2.05, 4.69) is 20.3 Å². The van der Waals surface area contributed by atoms with Crippen LogP contribution in [0.5, 0.6) is 5.75 Å². The molecule has 0 aromatic carbocycles. The predicted octanol–water partition coefficient (Wildman–Crippen LogP) is 0.786. The van der Waals surface area contributed by atoms with Crippen LogP contribution in [0.4, 0.5) is 5.82 Å². The first-order valence-electron chi connectivity index (χ1n) is 5.06. The number of aromatic amines is 1. The highest BCUT2D eigenvalue weighted by atomic mass is 16.5. The van der Waals surface area contributed by atoms with Crippen LogP contribution in [0.15, 0.2) is 35.5 Å².